The summed E-state index contributed by atoms with van der Waals surface area (Å²) in [6.45, 7) is 0. The molecule has 1 heterocycles. The third kappa shape index (κ3) is 3.96. The highest BCUT2D eigenvalue weighted by molar-refractivity contribution is 7.71. The number of fused-ring (bicyclic) bond motifs is 1. The topological polar surface area (TPSA) is 76.1 Å². The number of hydrogen-bond donors (Lipinski definition) is 2. The number of H-pyrrole nitrogens is 1. The summed E-state index contributed by atoms with van der Waals surface area (Å²) >= 11 is 5.48. The zero-order chi connectivity index (χ0) is 20.4. The second-order valence-electron chi connectivity index (χ2n) is 7.34. The van der Waals surface area contributed by atoms with Gasteiger partial charge in [0.1, 0.15) is 5.75 Å². The van der Waals surface area contributed by atoms with E-state index in [2.05, 4.69) is 10.3 Å². The maximum atomic E-state index is 13.0. The zero-order valence-electron chi connectivity index (χ0n) is 16.2. The molecule has 0 spiro atoms. The first kappa shape index (κ1) is 19.4. The Bertz CT molecular complexity index is 1160. The molecule has 1 aliphatic carbocycles. The Balaban J connectivity index is 1.64. The summed E-state index contributed by atoms with van der Waals surface area (Å²) in [6, 6.07) is 12.3. The molecule has 0 radical (unpaired) electrons. The third-order valence-corrected chi connectivity index (χ3v) is 5.78. The monoisotopic (exact) mass is 409 g/mol. The van der Waals surface area contributed by atoms with Crippen LogP contribution in [0.3, 0.4) is 0 Å². The van der Waals surface area contributed by atoms with Crippen LogP contribution >= 0.6 is 12.2 Å². The number of nitrogens with zero attached hydrogens (tertiary/aromatic N) is 1. The van der Waals surface area contributed by atoms with E-state index in [9.17, 15) is 9.59 Å². The molecule has 1 aromatic heterocycles. The molecular weight excluding hydrogens is 386 g/mol. The standard InChI is InChI=1S/C22H23N3O3S/c1-28-17-10-8-15(9-11-17)23-20(26)14-7-12-18-19(13-14)24-22(29)25(21(18)27)16-5-3-2-4-6-16/h7-13,16H,2-6H2,1H3,(H,23,26)(H,24,29). The fourth-order valence-electron chi connectivity index (χ4n) is 3.92. The van der Waals surface area contributed by atoms with Crippen molar-refractivity contribution in [3.8, 4) is 5.75 Å². The van der Waals surface area contributed by atoms with Gasteiger partial charge in [0.05, 0.1) is 18.0 Å². The third-order valence-electron chi connectivity index (χ3n) is 5.48. The number of benzene rings is 2. The number of aromatic nitrogens is 2. The highest BCUT2D eigenvalue weighted by atomic mass is 32.1. The predicted molar refractivity (Wildman–Crippen MR) is 116 cm³/mol. The van der Waals surface area contributed by atoms with Crippen molar-refractivity contribution < 1.29 is 9.53 Å². The van der Waals surface area contributed by atoms with Crippen molar-refractivity contribution >= 4 is 34.7 Å². The molecule has 0 aliphatic heterocycles. The lowest BCUT2D eigenvalue weighted by Crippen LogP contribution is -2.28. The first-order chi connectivity index (χ1) is 14.1. The van der Waals surface area contributed by atoms with E-state index in [0.29, 0.717) is 26.9 Å². The van der Waals surface area contributed by atoms with Crippen molar-refractivity contribution in [3.63, 3.8) is 0 Å². The number of hydrogen-bond acceptors (Lipinski definition) is 4. The van der Waals surface area contributed by atoms with Crippen LogP contribution in [0.2, 0.25) is 0 Å². The number of aromatic amines is 1. The van der Waals surface area contributed by atoms with Crippen LogP contribution in [0, 0.1) is 4.77 Å². The number of ether oxygens (including phenoxy) is 1. The molecule has 2 N–H and O–H groups in total. The molecule has 3 aromatic rings. The van der Waals surface area contributed by atoms with Crippen LogP contribution in [0.4, 0.5) is 5.69 Å². The lowest BCUT2D eigenvalue weighted by atomic mass is 9.95. The predicted octanol–water partition coefficient (Wildman–Crippen LogP) is 4.83. The zero-order valence-corrected chi connectivity index (χ0v) is 17.1. The van der Waals surface area contributed by atoms with Crippen LogP contribution in [0.15, 0.2) is 47.3 Å². The summed E-state index contributed by atoms with van der Waals surface area (Å²) in [5.74, 6) is 0.461. The molecule has 0 atom stereocenters. The van der Waals surface area contributed by atoms with Crippen LogP contribution in [-0.2, 0) is 0 Å². The van der Waals surface area contributed by atoms with Gasteiger partial charge in [-0.05, 0) is 67.5 Å². The van der Waals surface area contributed by atoms with Crippen molar-refractivity contribution in [3.05, 3.63) is 63.2 Å². The molecule has 0 bridgehead atoms. The van der Waals surface area contributed by atoms with Crippen molar-refractivity contribution in [2.45, 2.75) is 38.1 Å². The molecule has 7 heteroatoms. The number of carbonyl (C=O) groups excluding carboxylic acids is 1. The van der Waals surface area contributed by atoms with Gasteiger partial charge >= 0.3 is 0 Å². The first-order valence-corrected chi connectivity index (χ1v) is 10.2. The summed E-state index contributed by atoms with van der Waals surface area (Å²) in [4.78, 5) is 28.8. The van der Waals surface area contributed by atoms with Gasteiger partial charge in [0.25, 0.3) is 11.5 Å². The van der Waals surface area contributed by atoms with E-state index in [1.165, 1.54) is 6.42 Å². The fraction of sp³-hybridized carbons (Fsp3) is 0.318. The Labute approximate surface area is 173 Å². The minimum atomic E-state index is -0.257. The van der Waals surface area contributed by atoms with Crippen LogP contribution < -0.4 is 15.6 Å². The summed E-state index contributed by atoms with van der Waals surface area (Å²) in [5.41, 5.74) is 1.61. The molecule has 150 valence electrons. The SMILES string of the molecule is COc1ccc(NC(=O)c2ccc3c(=O)n(C4CCCCC4)c(=S)[nH]c3c2)cc1. The Hall–Kier alpha value is -2.93. The van der Waals surface area contributed by atoms with Gasteiger partial charge in [-0.2, -0.15) is 0 Å². The van der Waals surface area contributed by atoms with Gasteiger partial charge in [0.15, 0.2) is 4.77 Å². The average molecular weight is 410 g/mol. The number of carbonyl (C=O) groups is 1. The second kappa shape index (κ2) is 8.21. The Morgan fingerprint density at radius 2 is 1.86 bits per heavy atom. The molecule has 1 aliphatic rings. The first-order valence-electron chi connectivity index (χ1n) is 9.81. The summed E-state index contributed by atoms with van der Waals surface area (Å²) < 4.78 is 7.26. The number of rotatable bonds is 4. The minimum Gasteiger partial charge on any atom is -0.497 e. The summed E-state index contributed by atoms with van der Waals surface area (Å²) in [6.07, 6.45) is 5.40. The van der Waals surface area contributed by atoms with Gasteiger partial charge in [0, 0.05) is 17.3 Å². The molecular formula is C22H23N3O3S. The lowest BCUT2D eigenvalue weighted by molar-refractivity contribution is 0.102. The fourth-order valence-corrected chi connectivity index (χ4v) is 4.26. The average Bonchev–Trinajstić information content (AvgIpc) is 2.74. The van der Waals surface area contributed by atoms with Crippen LogP contribution in [-0.4, -0.2) is 22.6 Å². The largest absolute Gasteiger partial charge is 0.497 e. The number of methoxy groups -OCH3 is 1. The smallest absolute Gasteiger partial charge is 0.262 e. The van der Waals surface area contributed by atoms with E-state index < -0.39 is 0 Å². The van der Waals surface area contributed by atoms with Crippen molar-refractivity contribution in [1.82, 2.24) is 9.55 Å². The second-order valence-corrected chi connectivity index (χ2v) is 7.73. The quantitative estimate of drug-likeness (QED) is 0.606. The summed E-state index contributed by atoms with van der Waals surface area (Å²) in [5, 5.41) is 3.40. The normalized spacial score (nSPS) is 14.7. The van der Waals surface area contributed by atoms with Crippen molar-refractivity contribution in [2.75, 3.05) is 12.4 Å². The van der Waals surface area contributed by atoms with E-state index in [1.54, 1.807) is 54.1 Å². The summed E-state index contributed by atoms with van der Waals surface area (Å²) in [7, 11) is 1.59. The van der Waals surface area contributed by atoms with Gasteiger partial charge in [-0.1, -0.05) is 19.3 Å². The van der Waals surface area contributed by atoms with E-state index in [4.69, 9.17) is 17.0 Å². The Kier molecular flexibility index (Phi) is 5.49. The highest BCUT2D eigenvalue weighted by Crippen LogP contribution is 2.27. The van der Waals surface area contributed by atoms with Crippen LogP contribution in [0.1, 0.15) is 48.5 Å². The van der Waals surface area contributed by atoms with E-state index in [0.717, 1.165) is 31.4 Å². The van der Waals surface area contributed by atoms with E-state index in [-0.39, 0.29) is 17.5 Å². The number of anilines is 1. The highest BCUT2D eigenvalue weighted by Gasteiger charge is 2.19. The molecule has 1 amide bonds. The molecule has 6 nitrogen and oxygen atoms in total. The maximum Gasteiger partial charge on any atom is 0.262 e. The molecule has 0 saturated heterocycles. The van der Waals surface area contributed by atoms with E-state index in [1.807, 2.05) is 0 Å². The molecule has 0 unspecified atom stereocenters. The Morgan fingerprint density at radius 3 is 2.55 bits per heavy atom. The number of amides is 1. The molecule has 1 fully saturated rings. The van der Waals surface area contributed by atoms with Gasteiger partial charge in [0.2, 0.25) is 0 Å². The van der Waals surface area contributed by atoms with Crippen LogP contribution in [0.25, 0.3) is 10.9 Å². The van der Waals surface area contributed by atoms with Gasteiger partial charge < -0.3 is 15.0 Å². The number of nitrogens with one attached hydrogen (secondary N) is 2. The van der Waals surface area contributed by atoms with Crippen LogP contribution in [0.5, 0.6) is 5.75 Å². The van der Waals surface area contributed by atoms with Gasteiger partial charge in [-0.25, -0.2) is 0 Å². The molecule has 1 saturated carbocycles. The Morgan fingerprint density at radius 1 is 1.14 bits per heavy atom. The molecule has 29 heavy (non-hydrogen) atoms. The van der Waals surface area contributed by atoms with Gasteiger partial charge in [-0.3, -0.25) is 14.2 Å². The lowest BCUT2D eigenvalue weighted by Gasteiger charge is -2.24. The van der Waals surface area contributed by atoms with Crippen molar-refractivity contribution in [1.29, 1.82) is 0 Å². The van der Waals surface area contributed by atoms with E-state index >= 15 is 0 Å². The maximum absolute atomic E-state index is 13.0. The molecule has 4 rings (SSSR count). The molecule has 2 aromatic carbocycles. The minimum absolute atomic E-state index is 0.0854. The van der Waals surface area contributed by atoms with Crippen molar-refractivity contribution in [2.24, 2.45) is 0 Å². The van der Waals surface area contributed by atoms with Gasteiger partial charge in [-0.15, -0.1) is 0 Å².